The molecule has 0 atom stereocenters. The van der Waals surface area contributed by atoms with Gasteiger partial charge < -0.3 is 15.2 Å². The Hall–Kier alpha value is -1.13. The van der Waals surface area contributed by atoms with Crippen LogP contribution in [-0.4, -0.2) is 30.4 Å². The van der Waals surface area contributed by atoms with Crippen LogP contribution in [0, 0.1) is 5.41 Å². The number of pyridine rings is 1. The Morgan fingerprint density at radius 3 is 2.68 bits per heavy atom. The van der Waals surface area contributed by atoms with Crippen LogP contribution in [0.1, 0.15) is 37.7 Å². The molecule has 0 spiro atoms. The summed E-state index contributed by atoms with van der Waals surface area (Å²) < 4.78 is 5.04. The van der Waals surface area contributed by atoms with E-state index < -0.39 is 0 Å². The van der Waals surface area contributed by atoms with E-state index in [9.17, 15) is 5.11 Å². The van der Waals surface area contributed by atoms with Crippen molar-refractivity contribution >= 4 is 0 Å². The summed E-state index contributed by atoms with van der Waals surface area (Å²) in [7, 11) is 1.62. The lowest BCUT2D eigenvalue weighted by Gasteiger charge is -2.35. The number of ether oxygens (including phenoxy) is 1. The molecule has 19 heavy (non-hydrogen) atoms. The first-order valence-corrected chi connectivity index (χ1v) is 7.08. The highest BCUT2D eigenvalue weighted by Gasteiger charge is 2.30. The second-order valence-electron chi connectivity index (χ2n) is 5.53. The third-order valence-corrected chi connectivity index (χ3v) is 4.09. The van der Waals surface area contributed by atoms with Crippen molar-refractivity contribution in [2.75, 3.05) is 20.3 Å². The van der Waals surface area contributed by atoms with Gasteiger partial charge in [-0.15, -0.1) is 0 Å². The van der Waals surface area contributed by atoms with Gasteiger partial charge in [0, 0.05) is 37.4 Å². The Morgan fingerprint density at radius 2 is 2.11 bits per heavy atom. The third kappa shape index (κ3) is 3.91. The highest BCUT2D eigenvalue weighted by atomic mass is 16.5. The van der Waals surface area contributed by atoms with Crippen LogP contribution < -0.4 is 10.1 Å². The van der Waals surface area contributed by atoms with Gasteiger partial charge in [-0.25, -0.2) is 4.98 Å². The topological polar surface area (TPSA) is 54.4 Å². The van der Waals surface area contributed by atoms with Crippen LogP contribution in [0.25, 0.3) is 0 Å². The Labute approximate surface area is 115 Å². The summed E-state index contributed by atoms with van der Waals surface area (Å²) in [5.74, 6) is 0.642. The van der Waals surface area contributed by atoms with Crippen molar-refractivity contribution in [3.8, 4) is 5.88 Å². The van der Waals surface area contributed by atoms with Gasteiger partial charge in [0.25, 0.3) is 0 Å². The van der Waals surface area contributed by atoms with E-state index in [1.54, 1.807) is 7.11 Å². The number of hydrogen-bond donors (Lipinski definition) is 2. The number of aromatic nitrogens is 1. The standard InChI is InChI=1S/C15H24N2O2/c1-19-14-6-5-13(10-17-14)9-16-11-15(12-18)7-3-2-4-8-15/h5-6,10,16,18H,2-4,7-9,11-12H2,1H3. The fourth-order valence-corrected chi connectivity index (χ4v) is 2.80. The first kappa shape index (κ1) is 14.3. The summed E-state index contributed by atoms with van der Waals surface area (Å²) >= 11 is 0. The molecule has 1 fully saturated rings. The van der Waals surface area contributed by atoms with E-state index in [1.165, 1.54) is 19.3 Å². The molecule has 1 saturated carbocycles. The monoisotopic (exact) mass is 264 g/mol. The molecular formula is C15H24N2O2. The minimum Gasteiger partial charge on any atom is -0.481 e. The number of aliphatic hydroxyl groups is 1. The van der Waals surface area contributed by atoms with Crippen molar-refractivity contribution < 1.29 is 9.84 Å². The lowest BCUT2D eigenvalue weighted by atomic mass is 9.74. The van der Waals surface area contributed by atoms with E-state index in [4.69, 9.17) is 4.74 Å². The van der Waals surface area contributed by atoms with Crippen molar-refractivity contribution in [3.63, 3.8) is 0 Å². The fourth-order valence-electron chi connectivity index (χ4n) is 2.80. The summed E-state index contributed by atoms with van der Waals surface area (Å²) in [6.45, 7) is 1.97. The number of nitrogens with one attached hydrogen (secondary N) is 1. The van der Waals surface area contributed by atoms with E-state index in [0.717, 1.165) is 31.5 Å². The highest BCUT2D eigenvalue weighted by molar-refractivity contribution is 5.17. The van der Waals surface area contributed by atoms with Crippen LogP contribution in [0.15, 0.2) is 18.3 Å². The fraction of sp³-hybridized carbons (Fsp3) is 0.667. The van der Waals surface area contributed by atoms with Gasteiger partial charge in [-0.05, 0) is 18.4 Å². The zero-order chi connectivity index (χ0) is 13.6. The summed E-state index contributed by atoms with van der Waals surface area (Å²) in [5.41, 5.74) is 1.24. The molecule has 0 radical (unpaired) electrons. The molecule has 106 valence electrons. The van der Waals surface area contributed by atoms with Crippen LogP contribution in [-0.2, 0) is 6.54 Å². The molecule has 1 heterocycles. The number of nitrogens with zero attached hydrogens (tertiary/aromatic N) is 1. The molecule has 1 aromatic heterocycles. The Balaban J connectivity index is 1.81. The van der Waals surface area contributed by atoms with E-state index in [0.29, 0.717) is 12.5 Å². The average Bonchev–Trinajstić information content (AvgIpc) is 2.49. The van der Waals surface area contributed by atoms with E-state index in [1.807, 2.05) is 18.3 Å². The average molecular weight is 264 g/mol. The molecule has 0 aromatic carbocycles. The van der Waals surface area contributed by atoms with Gasteiger partial charge in [-0.3, -0.25) is 0 Å². The molecule has 4 heteroatoms. The maximum Gasteiger partial charge on any atom is 0.212 e. The predicted octanol–water partition coefficient (Wildman–Crippen LogP) is 2.12. The van der Waals surface area contributed by atoms with Gasteiger partial charge in [0.2, 0.25) is 5.88 Å². The second-order valence-corrected chi connectivity index (χ2v) is 5.53. The van der Waals surface area contributed by atoms with Crippen molar-refractivity contribution in [1.82, 2.24) is 10.3 Å². The highest BCUT2D eigenvalue weighted by Crippen LogP contribution is 2.35. The minimum absolute atomic E-state index is 0.0954. The number of aliphatic hydroxyl groups excluding tert-OH is 1. The number of rotatable bonds is 6. The predicted molar refractivity (Wildman–Crippen MR) is 75.1 cm³/mol. The summed E-state index contributed by atoms with van der Waals surface area (Å²) in [5, 5.41) is 13.1. The SMILES string of the molecule is COc1ccc(CNCC2(CO)CCCCC2)cn1. The van der Waals surface area contributed by atoms with E-state index in [-0.39, 0.29) is 5.41 Å². The van der Waals surface area contributed by atoms with Gasteiger partial charge in [0.15, 0.2) is 0 Å². The van der Waals surface area contributed by atoms with Crippen molar-refractivity contribution in [2.45, 2.75) is 38.6 Å². The molecule has 0 amide bonds. The smallest absolute Gasteiger partial charge is 0.212 e. The van der Waals surface area contributed by atoms with Crippen molar-refractivity contribution in [2.24, 2.45) is 5.41 Å². The van der Waals surface area contributed by atoms with E-state index in [2.05, 4.69) is 10.3 Å². The van der Waals surface area contributed by atoms with Gasteiger partial charge in [-0.1, -0.05) is 25.3 Å². The van der Waals surface area contributed by atoms with Gasteiger partial charge in [-0.2, -0.15) is 0 Å². The largest absolute Gasteiger partial charge is 0.481 e. The Morgan fingerprint density at radius 1 is 1.32 bits per heavy atom. The zero-order valence-corrected chi connectivity index (χ0v) is 11.7. The normalized spacial score (nSPS) is 18.2. The second kappa shape index (κ2) is 6.87. The molecule has 2 rings (SSSR count). The molecule has 0 saturated heterocycles. The molecule has 4 nitrogen and oxygen atoms in total. The number of methoxy groups -OCH3 is 1. The van der Waals surface area contributed by atoms with Crippen LogP contribution >= 0.6 is 0 Å². The quantitative estimate of drug-likeness (QED) is 0.826. The lowest BCUT2D eigenvalue weighted by molar-refractivity contribution is 0.0810. The van der Waals surface area contributed by atoms with Crippen LogP contribution in [0.2, 0.25) is 0 Å². The van der Waals surface area contributed by atoms with E-state index >= 15 is 0 Å². The summed E-state index contributed by atoms with van der Waals surface area (Å²) in [6.07, 6.45) is 7.90. The van der Waals surface area contributed by atoms with Crippen LogP contribution in [0.4, 0.5) is 0 Å². The Bertz CT molecular complexity index is 372. The molecular weight excluding hydrogens is 240 g/mol. The van der Waals surface area contributed by atoms with Crippen LogP contribution in [0.3, 0.4) is 0 Å². The van der Waals surface area contributed by atoms with Crippen molar-refractivity contribution in [3.05, 3.63) is 23.9 Å². The van der Waals surface area contributed by atoms with Crippen LogP contribution in [0.5, 0.6) is 5.88 Å². The first-order valence-electron chi connectivity index (χ1n) is 7.08. The molecule has 1 aliphatic rings. The van der Waals surface area contributed by atoms with Gasteiger partial charge >= 0.3 is 0 Å². The maximum absolute atomic E-state index is 9.64. The number of hydrogen-bond acceptors (Lipinski definition) is 4. The molecule has 1 aliphatic carbocycles. The zero-order valence-electron chi connectivity index (χ0n) is 11.7. The molecule has 2 N–H and O–H groups in total. The van der Waals surface area contributed by atoms with Crippen molar-refractivity contribution in [1.29, 1.82) is 0 Å². The Kier molecular flexibility index (Phi) is 5.16. The molecule has 0 unspecified atom stereocenters. The molecule has 1 aromatic rings. The maximum atomic E-state index is 9.64. The summed E-state index contributed by atoms with van der Waals surface area (Å²) in [6, 6.07) is 3.89. The summed E-state index contributed by atoms with van der Waals surface area (Å²) in [4.78, 5) is 4.19. The third-order valence-electron chi connectivity index (χ3n) is 4.09. The molecule has 0 aliphatic heterocycles. The minimum atomic E-state index is 0.0954. The van der Waals surface area contributed by atoms with Gasteiger partial charge in [0.1, 0.15) is 0 Å². The van der Waals surface area contributed by atoms with Gasteiger partial charge in [0.05, 0.1) is 7.11 Å². The molecule has 0 bridgehead atoms. The lowest BCUT2D eigenvalue weighted by Crippen LogP contribution is -2.38. The first-order chi connectivity index (χ1) is 9.28.